The highest BCUT2D eigenvalue weighted by molar-refractivity contribution is 6.21. The van der Waals surface area contributed by atoms with E-state index in [1.165, 1.54) is 0 Å². The number of alkyl halides is 1. The fourth-order valence-electron chi connectivity index (χ4n) is 0.972. The summed E-state index contributed by atoms with van der Waals surface area (Å²) in [5, 5.41) is 0.101. The minimum absolute atomic E-state index is 0.101. The van der Waals surface area contributed by atoms with Crippen molar-refractivity contribution in [3.8, 4) is 0 Å². The van der Waals surface area contributed by atoms with Gasteiger partial charge in [0.1, 0.15) is 6.10 Å². The SMILES string of the molecule is CC(Cl)/C=C/C1CCC=CO1. The molecule has 2 unspecified atom stereocenters. The molecule has 11 heavy (non-hydrogen) atoms. The third-order valence-corrected chi connectivity index (χ3v) is 1.70. The molecule has 1 heterocycles. The molecule has 0 saturated carbocycles. The summed E-state index contributed by atoms with van der Waals surface area (Å²) in [5.41, 5.74) is 0. The number of hydrogen-bond donors (Lipinski definition) is 0. The van der Waals surface area contributed by atoms with Crippen LogP contribution in [0.15, 0.2) is 24.5 Å². The van der Waals surface area contributed by atoms with Crippen molar-refractivity contribution >= 4 is 11.6 Å². The van der Waals surface area contributed by atoms with Crippen LogP contribution in [0, 0.1) is 0 Å². The largest absolute Gasteiger partial charge is 0.494 e. The van der Waals surface area contributed by atoms with E-state index in [2.05, 4.69) is 0 Å². The van der Waals surface area contributed by atoms with Gasteiger partial charge in [0.2, 0.25) is 0 Å². The van der Waals surface area contributed by atoms with Crippen LogP contribution in [-0.2, 0) is 4.74 Å². The van der Waals surface area contributed by atoms with Gasteiger partial charge in [-0.2, -0.15) is 0 Å². The van der Waals surface area contributed by atoms with Crippen molar-refractivity contribution in [1.29, 1.82) is 0 Å². The van der Waals surface area contributed by atoms with Crippen molar-refractivity contribution in [3.05, 3.63) is 24.5 Å². The topological polar surface area (TPSA) is 9.23 Å². The zero-order valence-corrected chi connectivity index (χ0v) is 7.42. The molecule has 0 N–H and O–H groups in total. The first kappa shape index (κ1) is 8.66. The van der Waals surface area contributed by atoms with Crippen LogP contribution in [0.4, 0.5) is 0 Å². The molecular formula is C9H13ClO. The van der Waals surface area contributed by atoms with Crippen LogP contribution < -0.4 is 0 Å². The molecule has 0 aromatic rings. The van der Waals surface area contributed by atoms with Gasteiger partial charge in [-0.15, -0.1) is 11.6 Å². The molecular weight excluding hydrogens is 160 g/mol. The normalized spacial score (nSPS) is 26.9. The monoisotopic (exact) mass is 172 g/mol. The lowest BCUT2D eigenvalue weighted by atomic mass is 10.1. The summed E-state index contributed by atoms with van der Waals surface area (Å²) in [5.74, 6) is 0. The van der Waals surface area contributed by atoms with Gasteiger partial charge >= 0.3 is 0 Å². The maximum Gasteiger partial charge on any atom is 0.116 e. The third-order valence-electron chi connectivity index (χ3n) is 1.56. The molecule has 0 bridgehead atoms. The number of rotatable bonds is 2. The highest BCUT2D eigenvalue weighted by Crippen LogP contribution is 2.11. The molecule has 0 saturated heterocycles. The van der Waals surface area contributed by atoms with Crippen LogP contribution in [0.5, 0.6) is 0 Å². The highest BCUT2D eigenvalue weighted by Gasteiger charge is 2.05. The first-order valence-corrected chi connectivity index (χ1v) is 4.35. The molecule has 0 radical (unpaired) electrons. The average molecular weight is 173 g/mol. The molecule has 1 rings (SSSR count). The summed E-state index contributed by atoms with van der Waals surface area (Å²) in [7, 11) is 0. The Kier molecular flexibility index (Phi) is 3.50. The van der Waals surface area contributed by atoms with Gasteiger partial charge in [-0.1, -0.05) is 6.08 Å². The summed E-state index contributed by atoms with van der Waals surface area (Å²) in [4.78, 5) is 0. The molecule has 0 aromatic heterocycles. The second kappa shape index (κ2) is 4.45. The molecule has 2 heteroatoms. The van der Waals surface area contributed by atoms with E-state index in [1.807, 2.05) is 25.2 Å². The van der Waals surface area contributed by atoms with Crippen molar-refractivity contribution in [1.82, 2.24) is 0 Å². The Morgan fingerprint density at radius 2 is 2.55 bits per heavy atom. The number of ether oxygens (including phenoxy) is 1. The predicted octanol–water partition coefficient (Wildman–Crippen LogP) is 2.86. The maximum absolute atomic E-state index is 5.74. The van der Waals surface area contributed by atoms with Gasteiger partial charge in [-0.05, 0) is 31.9 Å². The number of hydrogen-bond acceptors (Lipinski definition) is 1. The Labute approximate surface area is 72.7 Å². The van der Waals surface area contributed by atoms with E-state index in [0.717, 1.165) is 12.8 Å². The van der Waals surface area contributed by atoms with E-state index in [0.29, 0.717) is 0 Å². The molecule has 0 fully saturated rings. The van der Waals surface area contributed by atoms with Crippen molar-refractivity contribution < 1.29 is 4.74 Å². The lowest BCUT2D eigenvalue weighted by Gasteiger charge is -2.15. The quantitative estimate of drug-likeness (QED) is 0.460. The maximum atomic E-state index is 5.74. The zero-order valence-electron chi connectivity index (χ0n) is 6.66. The average Bonchev–Trinajstić information content (AvgIpc) is 2.03. The number of halogens is 1. The molecule has 0 aromatic carbocycles. The Balaban J connectivity index is 2.31. The van der Waals surface area contributed by atoms with Gasteiger partial charge in [-0.3, -0.25) is 0 Å². The smallest absolute Gasteiger partial charge is 0.116 e. The third kappa shape index (κ3) is 3.47. The van der Waals surface area contributed by atoms with Gasteiger partial charge in [0.15, 0.2) is 0 Å². The Morgan fingerprint density at radius 3 is 3.09 bits per heavy atom. The van der Waals surface area contributed by atoms with Crippen molar-refractivity contribution in [2.75, 3.05) is 0 Å². The van der Waals surface area contributed by atoms with E-state index >= 15 is 0 Å². The first-order chi connectivity index (χ1) is 5.29. The molecule has 0 spiro atoms. The summed E-state index contributed by atoms with van der Waals surface area (Å²) >= 11 is 5.74. The number of allylic oxidation sites excluding steroid dienone is 2. The van der Waals surface area contributed by atoms with Crippen LogP contribution in [-0.4, -0.2) is 11.5 Å². The Bertz CT molecular complexity index is 161. The Hall–Kier alpha value is -0.430. The lowest BCUT2D eigenvalue weighted by molar-refractivity contribution is 0.165. The zero-order chi connectivity index (χ0) is 8.10. The molecule has 2 atom stereocenters. The van der Waals surface area contributed by atoms with Crippen LogP contribution >= 0.6 is 11.6 Å². The van der Waals surface area contributed by atoms with Crippen LogP contribution in [0.1, 0.15) is 19.8 Å². The second-order valence-electron chi connectivity index (χ2n) is 2.69. The molecule has 0 aliphatic carbocycles. The van der Waals surface area contributed by atoms with E-state index in [-0.39, 0.29) is 11.5 Å². The Morgan fingerprint density at radius 1 is 1.73 bits per heavy atom. The van der Waals surface area contributed by atoms with E-state index < -0.39 is 0 Å². The van der Waals surface area contributed by atoms with Crippen LogP contribution in [0.2, 0.25) is 0 Å². The van der Waals surface area contributed by atoms with E-state index in [4.69, 9.17) is 16.3 Å². The van der Waals surface area contributed by atoms with Gasteiger partial charge in [0, 0.05) is 5.38 Å². The highest BCUT2D eigenvalue weighted by atomic mass is 35.5. The standard InChI is InChI=1S/C9H13ClO/c1-8(10)5-6-9-4-2-3-7-11-9/h3,5-9H,2,4H2,1H3/b6-5+. The molecule has 1 aliphatic heterocycles. The molecule has 0 amide bonds. The minimum atomic E-state index is 0.101. The van der Waals surface area contributed by atoms with E-state index in [1.54, 1.807) is 6.26 Å². The summed E-state index contributed by atoms with van der Waals surface area (Å²) in [6, 6.07) is 0. The summed E-state index contributed by atoms with van der Waals surface area (Å²) in [6.45, 7) is 1.94. The fraction of sp³-hybridized carbons (Fsp3) is 0.556. The van der Waals surface area contributed by atoms with Crippen molar-refractivity contribution in [2.45, 2.75) is 31.2 Å². The van der Waals surface area contributed by atoms with Crippen molar-refractivity contribution in [2.24, 2.45) is 0 Å². The summed E-state index contributed by atoms with van der Waals surface area (Å²) < 4.78 is 5.30. The lowest BCUT2D eigenvalue weighted by Crippen LogP contribution is -2.09. The first-order valence-electron chi connectivity index (χ1n) is 3.92. The van der Waals surface area contributed by atoms with Gasteiger partial charge in [0.05, 0.1) is 6.26 Å². The van der Waals surface area contributed by atoms with E-state index in [9.17, 15) is 0 Å². The fourth-order valence-corrected chi connectivity index (χ4v) is 1.06. The van der Waals surface area contributed by atoms with Crippen molar-refractivity contribution in [3.63, 3.8) is 0 Å². The predicted molar refractivity (Wildman–Crippen MR) is 47.7 cm³/mol. The molecule has 1 aliphatic rings. The van der Waals surface area contributed by atoms with Gasteiger partial charge in [-0.25, -0.2) is 0 Å². The minimum Gasteiger partial charge on any atom is -0.494 e. The van der Waals surface area contributed by atoms with Crippen LogP contribution in [0.3, 0.4) is 0 Å². The second-order valence-corrected chi connectivity index (χ2v) is 3.37. The van der Waals surface area contributed by atoms with Crippen LogP contribution in [0.25, 0.3) is 0 Å². The van der Waals surface area contributed by atoms with Gasteiger partial charge in [0.25, 0.3) is 0 Å². The van der Waals surface area contributed by atoms with Gasteiger partial charge < -0.3 is 4.74 Å². The molecule has 1 nitrogen and oxygen atoms in total. The summed E-state index contributed by atoms with van der Waals surface area (Å²) in [6.07, 6.45) is 10.2. The molecule has 62 valence electrons.